The highest BCUT2D eigenvalue weighted by Crippen LogP contribution is 2.29. The summed E-state index contributed by atoms with van der Waals surface area (Å²) in [4.78, 5) is 11.1. The molecule has 3 nitrogen and oxygen atoms in total. The van der Waals surface area contributed by atoms with Gasteiger partial charge in [0.2, 0.25) is 0 Å². The number of anilines is 1. The molecule has 17 heavy (non-hydrogen) atoms. The Morgan fingerprint density at radius 2 is 1.82 bits per heavy atom. The van der Waals surface area contributed by atoms with Gasteiger partial charge in [0.15, 0.2) is 0 Å². The second kappa shape index (κ2) is 5.07. The molecule has 0 saturated heterocycles. The first-order chi connectivity index (χ1) is 7.84. The zero-order valence-corrected chi connectivity index (χ0v) is 9.34. The standard InChI is InChI=1S/C11H12F3NO2/c1-7(10(16)17-2)15-9-5-3-8(4-6-9)11(12,13)14/h3-7,15H,1-2H3. The van der Waals surface area contributed by atoms with Crippen LogP contribution >= 0.6 is 0 Å². The van der Waals surface area contributed by atoms with Gasteiger partial charge < -0.3 is 10.1 Å². The molecule has 0 saturated carbocycles. The number of alkyl halides is 3. The summed E-state index contributed by atoms with van der Waals surface area (Å²) in [5, 5.41) is 2.73. The van der Waals surface area contributed by atoms with Gasteiger partial charge in [-0.05, 0) is 31.2 Å². The van der Waals surface area contributed by atoms with Crippen LogP contribution in [0.15, 0.2) is 24.3 Å². The lowest BCUT2D eigenvalue weighted by Crippen LogP contribution is -2.27. The highest BCUT2D eigenvalue weighted by atomic mass is 19.4. The van der Waals surface area contributed by atoms with Crippen LogP contribution in [-0.4, -0.2) is 19.1 Å². The lowest BCUT2D eigenvalue weighted by Gasteiger charge is -2.13. The molecule has 0 fully saturated rings. The third-order valence-corrected chi connectivity index (χ3v) is 2.15. The van der Waals surface area contributed by atoms with E-state index in [2.05, 4.69) is 10.1 Å². The Labute approximate surface area is 96.6 Å². The van der Waals surface area contributed by atoms with Crippen molar-refractivity contribution >= 4 is 11.7 Å². The van der Waals surface area contributed by atoms with E-state index in [0.29, 0.717) is 5.69 Å². The third-order valence-electron chi connectivity index (χ3n) is 2.15. The number of benzene rings is 1. The molecule has 1 unspecified atom stereocenters. The lowest BCUT2D eigenvalue weighted by molar-refractivity contribution is -0.141. The molecule has 0 aliphatic heterocycles. The second-order valence-corrected chi connectivity index (χ2v) is 3.46. The molecule has 6 heteroatoms. The van der Waals surface area contributed by atoms with Gasteiger partial charge in [-0.1, -0.05) is 0 Å². The molecular weight excluding hydrogens is 235 g/mol. The van der Waals surface area contributed by atoms with Gasteiger partial charge in [0.25, 0.3) is 0 Å². The van der Waals surface area contributed by atoms with Crippen molar-refractivity contribution in [3.63, 3.8) is 0 Å². The summed E-state index contributed by atoms with van der Waals surface area (Å²) in [5.41, 5.74) is -0.301. The van der Waals surface area contributed by atoms with Crippen molar-refractivity contribution in [2.45, 2.75) is 19.1 Å². The minimum Gasteiger partial charge on any atom is -0.467 e. The van der Waals surface area contributed by atoms with Crippen molar-refractivity contribution in [3.05, 3.63) is 29.8 Å². The molecule has 1 aromatic carbocycles. The Morgan fingerprint density at radius 3 is 2.24 bits per heavy atom. The van der Waals surface area contributed by atoms with E-state index in [1.54, 1.807) is 6.92 Å². The number of carbonyl (C=O) groups is 1. The Bertz CT molecular complexity index is 387. The number of nitrogens with one attached hydrogen (secondary N) is 1. The number of methoxy groups -OCH3 is 1. The van der Waals surface area contributed by atoms with E-state index >= 15 is 0 Å². The first kappa shape index (κ1) is 13.3. The minimum absolute atomic E-state index is 0.427. The molecule has 1 aromatic rings. The van der Waals surface area contributed by atoms with E-state index in [4.69, 9.17) is 0 Å². The van der Waals surface area contributed by atoms with E-state index in [-0.39, 0.29) is 0 Å². The molecule has 0 bridgehead atoms. The van der Waals surface area contributed by atoms with Gasteiger partial charge in [-0.25, -0.2) is 4.79 Å². The van der Waals surface area contributed by atoms with Crippen molar-refractivity contribution in [3.8, 4) is 0 Å². The maximum absolute atomic E-state index is 12.3. The Balaban J connectivity index is 2.72. The molecule has 0 aliphatic carbocycles. The van der Waals surface area contributed by atoms with Crippen LogP contribution in [0.25, 0.3) is 0 Å². The van der Waals surface area contributed by atoms with E-state index < -0.39 is 23.8 Å². The lowest BCUT2D eigenvalue weighted by atomic mass is 10.2. The maximum atomic E-state index is 12.3. The predicted octanol–water partition coefficient (Wildman–Crippen LogP) is 2.68. The number of hydrogen-bond donors (Lipinski definition) is 1. The average Bonchev–Trinajstić information content (AvgIpc) is 2.27. The third kappa shape index (κ3) is 3.65. The number of esters is 1. The van der Waals surface area contributed by atoms with Crippen LogP contribution in [0.2, 0.25) is 0 Å². The van der Waals surface area contributed by atoms with Crippen LogP contribution in [0.5, 0.6) is 0 Å². The van der Waals surface area contributed by atoms with Crippen molar-refractivity contribution in [2.24, 2.45) is 0 Å². The fraction of sp³-hybridized carbons (Fsp3) is 0.364. The molecule has 1 N–H and O–H groups in total. The smallest absolute Gasteiger partial charge is 0.416 e. The number of hydrogen-bond acceptors (Lipinski definition) is 3. The first-order valence-electron chi connectivity index (χ1n) is 4.86. The number of rotatable bonds is 3. The van der Waals surface area contributed by atoms with Gasteiger partial charge in [-0.15, -0.1) is 0 Å². The maximum Gasteiger partial charge on any atom is 0.416 e. The highest BCUT2D eigenvalue weighted by molar-refractivity contribution is 5.78. The van der Waals surface area contributed by atoms with Gasteiger partial charge in [0.1, 0.15) is 6.04 Å². The zero-order valence-electron chi connectivity index (χ0n) is 9.34. The zero-order chi connectivity index (χ0) is 13.1. The summed E-state index contributed by atoms with van der Waals surface area (Å²) >= 11 is 0. The van der Waals surface area contributed by atoms with Gasteiger partial charge >= 0.3 is 12.1 Å². The van der Waals surface area contributed by atoms with E-state index in [1.807, 2.05) is 0 Å². The monoisotopic (exact) mass is 247 g/mol. The molecule has 0 amide bonds. The Morgan fingerprint density at radius 1 is 1.29 bits per heavy atom. The predicted molar refractivity (Wildman–Crippen MR) is 56.5 cm³/mol. The molecule has 0 radical (unpaired) electrons. The molecule has 0 heterocycles. The largest absolute Gasteiger partial charge is 0.467 e. The summed E-state index contributed by atoms with van der Waals surface area (Å²) in [6.07, 6.45) is -4.35. The first-order valence-corrected chi connectivity index (χ1v) is 4.86. The quantitative estimate of drug-likeness (QED) is 0.834. The summed E-state index contributed by atoms with van der Waals surface area (Å²) < 4.78 is 41.3. The van der Waals surface area contributed by atoms with Crippen LogP contribution in [0, 0.1) is 0 Å². The van der Waals surface area contributed by atoms with E-state index in [9.17, 15) is 18.0 Å². The normalized spacial score (nSPS) is 13.0. The van der Waals surface area contributed by atoms with Crippen LogP contribution < -0.4 is 5.32 Å². The topological polar surface area (TPSA) is 38.3 Å². The Kier molecular flexibility index (Phi) is 3.98. The minimum atomic E-state index is -4.35. The van der Waals surface area contributed by atoms with Crippen molar-refractivity contribution in [1.82, 2.24) is 0 Å². The van der Waals surface area contributed by atoms with Crippen LogP contribution in [0.4, 0.5) is 18.9 Å². The van der Waals surface area contributed by atoms with Crippen LogP contribution in [0.1, 0.15) is 12.5 Å². The molecule has 0 aromatic heterocycles. The highest BCUT2D eigenvalue weighted by Gasteiger charge is 2.30. The molecule has 94 valence electrons. The van der Waals surface area contributed by atoms with Gasteiger partial charge in [0.05, 0.1) is 12.7 Å². The SMILES string of the molecule is COC(=O)C(C)Nc1ccc(C(F)(F)F)cc1. The summed E-state index contributed by atoms with van der Waals surface area (Å²) in [7, 11) is 1.24. The van der Waals surface area contributed by atoms with Crippen molar-refractivity contribution in [1.29, 1.82) is 0 Å². The van der Waals surface area contributed by atoms with Crippen molar-refractivity contribution in [2.75, 3.05) is 12.4 Å². The van der Waals surface area contributed by atoms with E-state index in [0.717, 1.165) is 12.1 Å². The molecule has 0 spiro atoms. The fourth-order valence-electron chi connectivity index (χ4n) is 1.24. The number of ether oxygens (including phenoxy) is 1. The number of halogens is 3. The van der Waals surface area contributed by atoms with Crippen LogP contribution in [-0.2, 0) is 15.7 Å². The number of carbonyl (C=O) groups excluding carboxylic acids is 1. The van der Waals surface area contributed by atoms with Gasteiger partial charge in [-0.2, -0.15) is 13.2 Å². The second-order valence-electron chi connectivity index (χ2n) is 3.46. The van der Waals surface area contributed by atoms with E-state index in [1.165, 1.54) is 19.2 Å². The van der Waals surface area contributed by atoms with Crippen LogP contribution in [0.3, 0.4) is 0 Å². The van der Waals surface area contributed by atoms with Crippen molar-refractivity contribution < 1.29 is 22.7 Å². The average molecular weight is 247 g/mol. The molecular formula is C11H12F3NO2. The molecule has 0 aliphatic rings. The van der Waals surface area contributed by atoms with Gasteiger partial charge in [0, 0.05) is 5.69 Å². The summed E-state index contributed by atoms with van der Waals surface area (Å²) in [6, 6.07) is 3.82. The molecule has 1 rings (SSSR count). The van der Waals surface area contributed by atoms with Gasteiger partial charge in [-0.3, -0.25) is 0 Å². The fourth-order valence-corrected chi connectivity index (χ4v) is 1.24. The molecule has 1 atom stereocenters. The Hall–Kier alpha value is -1.72. The summed E-state index contributed by atoms with van der Waals surface area (Å²) in [5.74, 6) is -0.482. The summed E-state index contributed by atoms with van der Waals surface area (Å²) in [6.45, 7) is 1.56.